The number of thiophene rings is 2. The molecule has 0 spiro atoms. The average molecular weight is 787 g/mol. The number of rotatable bonds is 3. The van der Waals surface area contributed by atoms with Gasteiger partial charge in [-0.2, -0.15) is 0 Å². The molecule has 0 nitrogen and oxygen atoms in total. The van der Waals surface area contributed by atoms with Crippen LogP contribution < -0.4 is 0 Å². The van der Waals surface area contributed by atoms with Crippen LogP contribution in [-0.2, 0) is 5.41 Å². The Kier molecular flexibility index (Phi) is 7.04. The van der Waals surface area contributed by atoms with E-state index in [2.05, 4.69) is 196 Å². The average Bonchev–Trinajstić information content (AvgIpc) is 3.92. The maximum absolute atomic E-state index is 2.51. The van der Waals surface area contributed by atoms with Gasteiger partial charge in [-0.3, -0.25) is 0 Å². The number of fused-ring (bicyclic) bond motifs is 13. The summed E-state index contributed by atoms with van der Waals surface area (Å²) in [5, 5.41) is 10.7. The van der Waals surface area contributed by atoms with Crippen LogP contribution in [0.1, 0.15) is 30.5 Å². The highest BCUT2D eigenvalue weighted by atomic mass is 32.1. The summed E-state index contributed by atoms with van der Waals surface area (Å²) < 4.78 is 5.48. The van der Waals surface area contributed by atoms with E-state index in [-0.39, 0.29) is 5.41 Å². The second-order valence-corrected chi connectivity index (χ2v) is 19.2. The van der Waals surface area contributed by atoms with Crippen LogP contribution in [0, 0.1) is 11.8 Å². The molecular weight excluding hydrogens is 749 g/mol. The first kappa shape index (κ1) is 33.6. The molecule has 0 N–H and O–H groups in total. The zero-order chi connectivity index (χ0) is 39.0. The second-order valence-electron chi connectivity index (χ2n) is 17.1. The Balaban J connectivity index is 0.938. The van der Waals surface area contributed by atoms with Crippen LogP contribution in [-0.4, -0.2) is 0 Å². The predicted molar refractivity (Wildman–Crippen MR) is 258 cm³/mol. The van der Waals surface area contributed by atoms with Gasteiger partial charge in [-0.1, -0.05) is 166 Å². The fourth-order valence-corrected chi connectivity index (χ4v) is 13.3. The van der Waals surface area contributed by atoms with Crippen LogP contribution in [0.4, 0.5) is 0 Å². The van der Waals surface area contributed by atoms with Crippen molar-refractivity contribution in [2.45, 2.75) is 19.3 Å². The highest BCUT2D eigenvalue weighted by molar-refractivity contribution is 7.29. The Morgan fingerprint density at radius 2 is 1.10 bits per heavy atom. The van der Waals surface area contributed by atoms with Gasteiger partial charge < -0.3 is 0 Å². The van der Waals surface area contributed by atoms with Crippen LogP contribution in [0.5, 0.6) is 0 Å². The van der Waals surface area contributed by atoms with E-state index >= 15 is 0 Å². The molecule has 10 aromatic rings. The molecule has 2 aromatic heterocycles. The normalized spacial score (nSPS) is 17.7. The fraction of sp³-hybridized carbons (Fsp3) is 0.0877. The Labute approximate surface area is 351 Å². The standard InChI is InChI=1S/C57H38S2/c1-57(2)48-28-24-34(35-22-26-46-52(32-35)58-51-29-27-45-39-15-9-10-21-50(39)59-56(45)55(46)51)30-47(48)38-25-23-36(31-49(38)57)53-41-16-5-7-18-43(41)54(44-19-8-6-17-42(44)53)40-20-11-13-33-12-3-4-14-37(33)40/h3-33,37H,1-2H3. The minimum Gasteiger partial charge on any atom is -0.135 e. The smallest absolute Gasteiger partial charge is 0.0448 e. The van der Waals surface area contributed by atoms with Crippen molar-refractivity contribution in [3.05, 3.63) is 199 Å². The minimum atomic E-state index is -0.134. The summed E-state index contributed by atoms with van der Waals surface area (Å²) in [5.41, 5.74) is 13.3. The van der Waals surface area contributed by atoms with Crippen LogP contribution >= 0.6 is 22.7 Å². The molecule has 59 heavy (non-hydrogen) atoms. The molecule has 8 aromatic carbocycles. The Morgan fingerprint density at radius 1 is 0.441 bits per heavy atom. The van der Waals surface area contributed by atoms with Crippen LogP contribution in [0.15, 0.2) is 182 Å². The van der Waals surface area contributed by atoms with Gasteiger partial charge in [-0.25, -0.2) is 0 Å². The van der Waals surface area contributed by atoms with E-state index in [9.17, 15) is 0 Å². The number of allylic oxidation sites excluding steroid dienone is 8. The first-order valence-electron chi connectivity index (χ1n) is 20.8. The van der Waals surface area contributed by atoms with E-state index in [1.165, 1.54) is 118 Å². The molecule has 2 heteroatoms. The predicted octanol–water partition coefficient (Wildman–Crippen LogP) is 16.7. The highest BCUT2D eigenvalue weighted by Crippen LogP contribution is 2.53. The Bertz CT molecular complexity index is 3540. The van der Waals surface area contributed by atoms with Crippen molar-refractivity contribution in [1.29, 1.82) is 0 Å². The molecule has 0 saturated heterocycles. The molecule has 0 saturated carbocycles. The monoisotopic (exact) mass is 786 g/mol. The van der Waals surface area contributed by atoms with Gasteiger partial charge in [-0.15, -0.1) is 22.7 Å². The van der Waals surface area contributed by atoms with Crippen molar-refractivity contribution in [3.63, 3.8) is 0 Å². The van der Waals surface area contributed by atoms with Gasteiger partial charge in [0.25, 0.3) is 0 Å². The van der Waals surface area contributed by atoms with Gasteiger partial charge in [0.2, 0.25) is 0 Å². The third kappa shape index (κ3) is 4.76. The van der Waals surface area contributed by atoms with Crippen molar-refractivity contribution >= 4 is 90.1 Å². The molecule has 3 aliphatic carbocycles. The van der Waals surface area contributed by atoms with Crippen molar-refractivity contribution in [2.75, 3.05) is 0 Å². The topological polar surface area (TPSA) is 0 Å². The largest absolute Gasteiger partial charge is 0.135 e. The summed E-state index contributed by atoms with van der Waals surface area (Å²) in [5.74, 6) is 0.715. The second kappa shape index (κ2) is 12.3. The zero-order valence-electron chi connectivity index (χ0n) is 32.8. The molecule has 0 amide bonds. The number of hydrogen-bond donors (Lipinski definition) is 0. The van der Waals surface area contributed by atoms with Crippen molar-refractivity contribution in [1.82, 2.24) is 0 Å². The quantitative estimate of drug-likeness (QED) is 0.157. The van der Waals surface area contributed by atoms with E-state index in [1.807, 2.05) is 22.7 Å². The van der Waals surface area contributed by atoms with Gasteiger partial charge in [0, 0.05) is 57.6 Å². The Hall–Kier alpha value is -6.32. The van der Waals surface area contributed by atoms with Gasteiger partial charge in [0.05, 0.1) is 0 Å². The molecule has 0 radical (unpaired) electrons. The Morgan fingerprint density at radius 3 is 1.92 bits per heavy atom. The van der Waals surface area contributed by atoms with Crippen molar-refractivity contribution in [3.8, 4) is 33.4 Å². The molecule has 2 atom stereocenters. The van der Waals surface area contributed by atoms with Crippen LogP contribution in [0.3, 0.4) is 0 Å². The third-order valence-corrected chi connectivity index (χ3v) is 16.0. The van der Waals surface area contributed by atoms with E-state index in [0.717, 1.165) is 0 Å². The molecule has 0 aliphatic heterocycles. The number of benzene rings is 8. The summed E-state index contributed by atoms with van der Waals surface area (Å²) >= 11 is 3.84. The van der Waals surface area contributed by atoms with Crippen LogP contribution in [0.25, 0.3) is 101 Å². The van der Waals surface area contributed by atoms with Crippen molar-refractivity contribution < 1.29 is 0 Å². The number of hydrogen-bond acceptors (Lipinski definition) is 2. The lowest BCUT2D eigenvalue weighted by Gasteiger charge is -2.29. The summed E-state index contributed by atoms with van der Waals surface area (Å²) in [7, 11) is 0. The van der Waals surface area contributed by atoms with Gasteiger partial charge in [0.15, 0.2) is 0 Å². The molecule has 278 valence electrons. The molecule has 3 aliphatic rings. The molecule has 2 unspecified atom stereocenters. The summed E-state index contributed by atoms with van der Waals surface area (Å²) in [6.45, 7) is 4.81. The molecule has 13 rings (SSSR count). The maximum atomic E-state index is 2.51. The lowest BCUT2D eigenvalue weighted by molar-refractivity contribution is 0.660. The summed E-state index contributed by atoms with van der Waals surface area (Å²) in [6, 6.07) is 53.3. The molecule has 2 heterocycles. The lowest BCUT2D eigenvalue weighted by atomic mass is 9.74. The zero-order valence-corrected chi connectivity index (χ0v) is 34.4. The lowest BCUT2D eigenvalue weighted by Crippen LogP contribution is -2.15. The van der Waals surface area contributed by atoms with E-state index in [0.29, 0.717) is 11.8 Å². The molecular formula is C57H38S2. The summed E-state index contributed by atoms with van der Waals surface area (Å²) in [6.07, 6.45) is 16.1. The maximum Gasteiger partial charge on any atom is 0.0448 e. The van der Waals surface area contributed by atoms with E-state index in [1.54, 1.807) is 0 Å². The molecule has 0 bridgehead atoms. The van der Waals surface area contributed by atoms with E-state index < -0.39 is 0 Å². The van der Waals surface area contributed by atoms with Gasteiger partial charge in [-0.05, 0) is 108 Å². The van der Waals surface area contributed by atoms with Crippen LogP contribution in [0.2, 0.25) is 0 Å². The van der Waals surface area contributed by atoms with Gasteiger partial charge in [0.1, 0.15) is 0 Å². The fourth-order valence-electron chi connectivity index (χ4n) is 10.8. The van der Waals surface area contributed by atoms with Gasteiger partial charge >= 0.3 is 0 Å². The first-order chi connectivity index (χ1) is 29.0. The third-order valence-electron chi connectivity index (χ3n) is 13.6. The van der Waals surface area contributed by atoms with Crippen molar-refractivity contribution in [2.24, 2.45) is 11.8 Å². The van der Waals surface area contributed by atoms with E-state index in [4.69, 9.17) is 0 Å². The summed E-state index contributed by atoms with van der Waals surface area (Å²) in [4.78, 5) is 0. The molecule has 0 fully saturated rings. The first-order valence-corrected chi connectivity index (χ1v) is 22.4. The minimum absolute atomic E-state index is 0.134. The highest BCUT2D eigenvalue weighted by Gasteiger charge is 2.36. The SMILES string of the molecule is CC1(C)c2ccc(-c3ccc4c(c3)sc3ccc5c6ccccc6sc5c34)cc2-c2ccc(-c3c4ccccc4c(C4=CC=CC5C=CC=CC45)c4ccccc34)cc21.